The third-order valence-corrected chi connectivity index (χ3v) is 4.82. The van der Waals surface area contributed by atoms with E-state index in [9.17, 15) is 9.59 Å². The summed E-state index contributed by atoms with van der Waals surface area (Å²) in [6.45, 7) is 2.28. The lowest BCUT2D eigenvalue weighted by Gasteiger charge is -2.35. The van der Waals surface area contributed by atoms with Gasteiger partial charge in [-0.05, 0) is 54.6 Å². The molecule has 0 bridgehead atoms. The van der Waals surface area contributed by atoms with Crippen molar-refractivity contribution in [2.75, 3.05) is 37.7 Å². The molecule has 2 aromatic rings. The standard InChI is InChI=1S/C22H22ClN3O3/c23-17-4-8-20(9-5-17)25-12-14-26(15-13-25)22(29)11-7-19-3-1-2-18(24-19)6-10-21(28)16-27/h1-11,27H,12-16H2/b10-6+,11-7+. The molecule has 7 heteroatoms. The van der Waals surface area contributed by atoms with Crippen LogP contribution in [0.2, 0.25) is 5.02 Å². The number of pyridine rings is 1. The van der Waals surface area contributed by atoms with Gasteiger partial charge in [-0.1, -0.05) is 17.7 Å². The molecule has 2 heterocycles. The minimum Gasteiger partial charge on any atom is -0.388 e. The van der Waals surface area contributed by atoms with Crippen molar-refractivity contribution >= 4 is 41.1 Å². The summed E-state index contributed by atoms with van der Waals surface area (Å²) < 4.78 is 0. The molecule has 0 radical (unpaired) electrons. The fourth-order valence-electron chi connectivity index (χ4n) is 2.98. The number of carbonyl (C=O) groups is 2. The number of hydrogen-bond acceptors (Lipinski definition) is 5. The smallest absolute Gasteiger partial charge is 0.246 e. The minimum atomic E-state index is -0.532. The quantitative estimate of drug-likeness (QED) is 0.740. The highest BCUT2D eigenvalue weighted by molar-refractivity contribution is 6.30. The summed E-state index contributed by atoms with van der Waals surface area (Å²) >= 11 is 5.94. The first-order valence-electron chi connectivity index (χ1n) is 9.31. The average molecular weight is 412 g/mol. The van der Waals surface area contributed by atoms with E-state index in [1.165, 1.54) is 18.2 Å². The number of halogens is 1. The number of benzene rings is 1. The van der Waals surface area contributed by atoms with E-state index in [1.807, 2.05) is 29.2 Å². The molecular weight excluding hydrogens is 390 g/mol. The van der Waals surface area contributed by atoms with Crippen LogP contribution in [-0.2, 0) is 9.59 Å². The van der Waals surface area contributed by atoms with E-state index in [0.717, 1.165) is 18.8 Å². The van der Waals surface area contributed by atoms with Crippen molar-refractivity contribution in [3.63, 3.8) is 0 Å². The maximum absolute atomic E-state index is 12.5. The molecule has 0 aliphatic carbocycles. The van der Waals surface area contributed by atoms with Gasteiger partial charge in [-0.15, -0.1) is 0 Å². The Labute approximate surface area is 174 Å². The van der Waals surface area contributed by atoms with Gasteiger partial charge in [-0.2, -0.15) is 0 Å². The Morgan fingerprint density at radius 3 is 2.21 bits per heavy atom. The summed E-state index contributed by atoms with van der Waals surface area (Å²) in [5.41, 5.74) is 2.31. The molecule has 29 heavy (non-hydrogen) atoms. The summed E-state index contributed by atoms with van der Waals surface area (Å²) in [6.07, 6.45) is 6.00. The molecule has 1 aromatic heterocycles. The van der Waals surface area contributed by atoms with Gasteiger partial charge in [-0.25, -0.2) is 4.98 Å². The molecule has 1 N–H and O–H groups in total. The van der Waals surface area contributed by atoms with Crippen molar-refractivity contribution in [3.05, 3.63) is 71.0 Å². The van der Waals surface area contributed by atoms with Gasteiger partial charge in [0.1, 0.15) is 6.61 Å². The van der Waals surface area contributed by atoms with Crippen LogP contribution >= 0.6 is 11.6 Å². The van der Waals surface area contributed by atoms with Crippen LogP contribution in [0.5, 0.6) is 0 Å². The Morgan fingerprint density at radius 1 is 0.966 bits per heavy atom. The van der Waals surface area contributed by atoms with E-state index < -0.39 is 6.61 Å². The first-order chi connectivity index (χ1) is 14.0. The maximum Gasteiger partial charge on any atom is 0.246 e. The van der Waals surface area contributed by atoms with Gasteiger partial charge in [0.05, 0.1) is 11.4 Å². The zero-order valence-corrected chi connectivity index (χ0v) is 16.6. The van der Waals surface area contributed by atoms with Crippen LogP contribution in [-0.4, -0.2) is 59.5 Å². The molecule has 150 valence electrons. The minimum absolute atomic E-state index is 0.0565. The third-order valence-electron chi connectivity index (χ3n) is 4.57. The molecular formula is C22H22ClN3O3. The van der Waals surface area contributed by atoms with Crippen LogP contribution in [0, 0.1) is 0 Å². The largest absolute Gasteiger partial charge is 0.388 e. The van der Waals surface area contributed by atoms with Crippen LogP contribution in [0.25, 0.3) is 12.2 Å². The molecule has 0 saturated carbocycles. The number of aliphatic hydroxyl groups is 1. The number of amides is 1. The Hall–Kier alpha value is -2.96. The molecule has 1 fully saturated rings. The Morgan fingerprint density at radius 2 is 1.59 bits per heavy atom. The van der Waals surface area contributed by atoms with Crippen molar-refractivity contribution in [2.24, 2.45) is 0 Å². The predicted octanol–water partition coefficient (Wildman–Crippen LogP) is 2.67. The lowest BCUT2D eigenvalue weighted by molar-refractivity contribution is -0.126. The first-order valence-corrected chi connectivity index (χ1v) is 9.69. The Balaban J connectivity index is 1.55. The van der Waals surface area contributed by atoms with Crippen LogP contribution in [0.3, 0.4) is 0 Å². The number of piperazine rings is 1. The van der Waals surface area contributed by atoms with E-state index >= 15 is 0 Å². The van der Waals surface area contributed by atoms with Crippen molar-refractivity contribution in [1.82, 2.24) is 9.88 Å². The molecule has 6 nitrogen and oxygen atoms in total. The molecule has 1 aliphatic heterocycles. The highest BCUT2D eigenvalue weighted by Gasteiger charge is 2.19. The van der Waals surface area contributed by atoms with Gasteiger partial charge in [0.2, 0.25) is 5.91 Å². The van der Waals surface area contributed by atoms with Crippen LogP contribution in [0.1, 0.15) is 11.4 Å². The van der Waals surface area contributed by atoms with Gasteiger partial charge in [0.15, 0.2) is 5.78 Å². The topological polar surface area (TPSA) is 73.7 Å². The zero-order chi connectivity index (χ0) is 20.6. The molecule has 0 spiro atoms. The van der Waals surface area contributed by atoms with Crippen molar-refractivity contribution < 1.29 is 14.7 Å². The van der Waals surface area contributed by atoms with Gasteiger partial charge >= 0.3 is 0 Å². The summed E-state index contributed by atoms with van der Waals surface area (Å²) in [5.74, 6) is -0.445. The number of aliphatic hydroxyl groups excluding tert-OH is 1. The average Bonchev–Trinajstić information content (AvgIpc) is 2.76. The molecule has 3 rings (SSSR count). The Kier molecular flexibility index (Phi) is 7.16. The van der Waals surface area contributed by atoms with E-state index in [0.29, 0.717) is 29.5 Å². The van der Waals surface area contributed by atoms with Gasteiger partial charge in [0, 0.05) is 43.0 Å². The van der Waals surface area contributed by atoms with Gasteiger partial charge in [0.25, 0.3) is 0 Å². The van der Waals surface area contributed by atoms with Crippen LogP contribution < -0.4 is 4.90 Å². The fourth-order valence-corrected chi connectivity index (χ4v) is 3.11. The van der Waals surface area contributed by atoms with Gasteiger partial charge < -0.3 is 14.9 Å². The molecule has 1 saturated heterocycles. The number of anilines is 1. The van der Waals surface area contributed by atoms with Crippen molar-refractivity contribution in [1.29, 1.82) is 0 Å². The molecule has 0 atom stereocenters. The number of carbonyl (C=O) groups excluding carboxylic acids is 2. The number of rotatable bonds is 6. The summed E-state index contributed by atoms with van der Waals surface area (Å²) in [7, 11) is 0. The highest BCUT2D eigenvalue weighted by Crippen LogP contribution is 2.19. The number of ketones is 1. The molecule has 1 aromatic carbocycles. The normalized spacial score (nSPS) is 14.7. The van der Waals surface area contributed by atoms with E-state index in [2.05, 4.69) is 9.88 Å². The summed E-state index contributed by atoms with van der Waals surface area (Å²) in [5, 5.41) is 9.45. The molecule has 0 unspecified atom stereocenters. The van der Waals surface area contributed by atoms with Crippen LogP contribution in [0.4, 0.5) is 5.69 Å². The lowest BCUT2D eigenvalue weighted by Crippen LogP contribution is -2.48. The van der Waals surface area contributed by atoms with Crippen LogP contribution in [0.15, 0.2) is 54.6 Å². The second kappa shape index (κ2) is 10.0. The monoisotopic (exact) mass is 411 g/mol. The maximum atomic E-state index is 12.5. The molecule has 1 amide bonds. The third kappa shape index (κ3) is 6.01. The number of nitrogens with zero attached hydrogens (tertiary/aromatic N) is 3. The Bertz CT molecular complexity index is 917. The van der Waals surface area contributed by atoms with E-state index in [4.69, 9.17) is 16.7 Å². The summed E-state index contributed by atoms with van der Waals surface area (Å²) in [6, 6.07) is 13.0. The predicted molar refractivity (Wildman–Crippen MR) is 115 cm³/mol. The number of hydrogen-bond donors (Lipinski definition) is 1. The zero-order valence-electron chi connectivity index (χ0n) is 15.9. The van der Waals surface area contributed by atoms with E-state index in [1.54, 1.807) is 24.3 Å². The van der Waals surface area contributed by atoms with Crippen molar-refractivity contribution in [2.45, 2.75) is 0 Å². The highest BCUT2D eigenvalue weighted by atomic mass is 35.5. The van der Waals surface area contributed by atoms with Gasteiger partial charge in [-0.3, -0.25) is 9.59 Å². The molecule has 1 aliphatic rings. The van der Waals surface area contributed by atoms with Crippen molar-refractivity contribution in [3.8, 4) is 0 Å². The van der Waals surface area contributed by atoms with E-state index in [-0.39, 0.29) is 11.7 Å². The number of aromatic nitrogens is 1. The fraction of sp³-hybridized carbons (Fsp3) is 0.227. The first kappa shape index (κ1) is 20.8. The summed E-state index contributed by atoms with van der Waals surface area (Å²) in [4.78, 5) is 32.0. The second-order valence-corrected chi connectivity index (χ2v) is 7.00. The lowest BCUT2D eigenvalue weighted by atomic mass is 10.2. The SMILES string of the molecule is O=C(/C=C/c1cccc(/C=C/C(=O)N2CCN(c3ccc(Cl)cc3)CC2)n1)CO. The second-order valence-electron chi connectivity index (χ2n) is 6.57.